The average molecular weight is 254 g/mol. The number of nitrogen functional groups attached to an aromatic ring is 1. The fourth-order valence-electron chi connectivity index (χ4n) is 2.02. The number of benzene rings is 1. The molecule has 0 saturated heterocycles. The maximum Gasteiger partial charge on any atom is 0.132 e. The van der Waals surface area contributed by atoms with E-state index in [2.05, 4.69) is 37.0 Å². The van der Waals surface area contributed by atoms with E-state index in [1.54, 1.807) is 6.20 Å². The first-order valence-electron chi connectivity index (χ1n) is 6.10. The molecule has 1 aromatic heterocycles. The first kappa shape index (κ1) is 13.1. The minimum Gasteiger partial charge on any atom is -0.384 e. The zero-order valence-electron chi connectivity index (χ0n) is 11.4. The molecule has 0 aliphatic rings. The molecule has 0 unspecified atom stereocenters. The summed E-state index contributed by atoms with van der Waals surface area (Å²) in [6, 6.07) is 10.1. The molecule has 4 heteroatoms. The lowest BCUT2D eigenvalue weighted by molar-refractivity contribution is 1.12. The third-order valence-electron chi connectivity index (χ3n) is 3.00. The van der Waals surface area contributed by atoms with Crippen molar-refractivity contribution < 1.29 is 0 Å². The minimum absolute atomic E-state index is 0.0353. The van der Waals surface area contributed by atoms with Crippen LogP contribution in [-0.2, 0) is 0 Å². The number of rotatable bonds is 3. The molecule has 1 heterocycles. The monoisotopic (exact) mass is 254 g/mol. The third-order valence-corrected chi connectivity index (χ3v) is 3.00. The van der Waals surface area contributed by atoms with Crippen LogP contribution in [0.2, 0.25) is 0 Å². The maximum atomic E-state index is 7.36. The van der Waals surface area contributed by atoms with Crippen molar-refractivity contribution in [2.75, 3.05) is 11.9 Å². The molecule has 2 rings (SSSR count). The summed E-state index contributed by atoms with van der Waals surface area (Å²) in [5.74, 6) is 0.864. The van der Waals surface area contributed by atoms with E-state index in [0.29, 0.717) is 5.56 Å². The zero-order valence-corrected chi connectivity index (χ0v) is 11.4. The van der Waals surface area contributed by atoms with E-state index in [9.17, 15) is 0 Å². The number of hydrogen-bond acceptors (Lipinski definition) is 3. The Morgan fingerprint density at radius 1 is 1.16 bits per heavy atom. The van der Waals surface area contributed by atoms with E-state index in [-0.39, 0.29) is 5.84 Å². The number of hydrogen-bond donors (Lipinski definition) is 2. The van der Waals surface area contributed by atoms with Crippen molar-refractivity contribution in [3.63, 3.8) is 0 Å². The predicted molar refractivity (Wildman–Crippen MR) is 79.2 cm³/mol. The Hall–Kier alpha value is -2.36. The average Bonchev–Trinajstić information content (AvgIpc) is 2.37. The number of aryl methyl sites for hydroxylation is 2. The van der Waals surface area contributed by atoms with Crippen LogP contribution in [0.1, 0.15) is 16.7 Å². The fourth-order valence-corrected chi connectivity index (χ4v) is 2.02. The summed E-state index contributed by atoms with van der Waals surface area (Å²) in [5, 5.41) is 7.36. The van der Waals surface area contributed by atoms with Crippen LogP contribution in [0.15, 0.2) is 36.5 Å². The van der Waals surface area contributed by atoms with Gasteiger partial charge in [0.1, 0.15) is 11.7 Å². The van der Waals surface area contributed by atoms with Crippen molar-refractivity contribution in [1.29, 1.82) is 5.41 Å². The lowest BCUT2D eigenvalue weighted by Crippen LogP contribution is -2.14. The van der Waals surface area contributed by atoms with Gasteiger partial charge < -0.3 is 10.6 Å². The second kappa shape index (κ2) is 5.10. The van der Waals surface area contributed by atoms with E-state index in [4.69, 9.17) is 11.1 Å². The second-order valence-electron chi connectivity index (χ2n) is 4.72. The largest absolute Gasteiger partial charge is 0.384 e. The summed E-state index contributed by atoms with van der Waals surface area (Å²) in [7, 11) is 1.98. The molecule has 0 fully saturated rings. The Labute approximate surface area is 113 Å². The van der Waals surface area contributed by atoms with Gasteiger partial charge in [0.15, 0.2) is 0 Å². The molecule has 0 bridgehead atoms. The molecule has 0 aliphatic heterocycles. The molecule has 0 spiro atoms. The Morgan fingerprint density at radius 3 is 2.26 bits per heavy atom. The lowest BCUT2D eigenvalue weighted by atomic mass is 10.1. The van der Waals surface area contributed by atoms with E-state index in [1.807, 2.05) is 24.1 Å². The molecule has 2 aromatic rings. The number of nitrogens with zero attached hydrogens (tertiary/aromatic N) is 2. The number of nitrogens with two attached hydrogens (primary N) is 1. The summed E-state index contributed by atoms with van der Waals surface area (Å²) < 4.78 is 0. The minimum atomic E-state index is 0.0353. The van der Waals surface area contributed by atoms with Crippen LogP contribution in [0.5, 0.6) is 0 Å². The van der Waals surface area contributed by atoms with Gasteiger partial charge in [0.2, 0.25) is 0 Å². The topological polar surface area (TPSA) is 66.0 Å². The van der Waals surface area contributed by atoms with Gasteiger partial charge in [-0.05, 0) is 49.2 Å². The van der Waals surface area contributed by atoms with Crippen molar-refractivity contribution in [3.05, 3.63) is 53.2 Å². The van der Waals surface area contributed by atoms with Crippen LogP contribution in [0.4, 0.5) is 11.5 Å². The van der Waals surface area contributed by atoms with Gasteiger partial charge in [0.25, 0.3) is 0 Å². The number of pyridine rings is 1. The van der Waals surface area contributed by atoms with Crippen LogP contribution in [0, 0.1) is 19.3 Å². The highest BCUT2D eigenvalue weighted by Crippen LogP contribution is 2.23. The highest BCUT2D eigenvalue weighted by atomic mass is 15.2. The van der Waals surface area contributed by atoms with Gasteiger partial charge in [-0.15, -0.1) is 0 Å². The van der Waals surface area contributed by atoms with E-state index in [0.717, 1.165) is 11.5 Å². The summed E-state index contributed by atoms with van der Waals surface area (Å²) in [6.07, 6.45) is 1.62. The normalized spacial score (nSPS) is 10.3. The van der Waals surface area contributed by atoms with Crippen LogP contribution in [0.25, 0.3) is 0 Å². The lowest BCUT2D eigenvalue weighted by Gasteiger charge is -2.19. The van der Waals surface area contributed by atoms with Gasteiger partial charge in [-0.1, -0.05) is 6.07 Å². The molecule has 0 aliphatic carbocycles. The zero-order chi connectivity index (χ0) is 14.0. The second-order valence-corrected chi connectivity index (χ2v) is 4.72. The molecule has 1 aromatic carbocycles. The Kier molecular flexibility index (Phi) is 3.51. The van der Waals surface area contributed by atoms with Crippen molar-refractivity contribution in [2.45, 2.75) is 13.8 Å². The molecule has 4 nitrogen and oxygen atoms in total. The first-order valence-corrected chi connectivity index (χ1v) is 6.10. The SMILES string of the molecule is Cc1cc(C)cc(N(C)c2ccc(C(=N)N)cn2)c1. The number of anilines is 2. The van der Waals surface area contributed by atoms with Gasteiger partial charge in [0, 0.05) is 24.5 Å². The number of amidine groups is 1. The highest BCUT2D eigenvalue weighted by molar-refractivity contribution is 5.94. The van der Waals surface area contributed by atoms with Crippen LogP contribution < -0.4 is 10.6 Å². The van der Waals surface area contributed by atoms with Gasteiger partial charge >= 0.3 is 0 Å². The van der Waals surface area contributed by atoms with E-state index >= 15 is 0 Å². The van der Waals surface area contributed by atoms with E-state index in [1.165, 1.54) is 11.1 Å². The van der Waals surface area contributed by atoms with Gasteiger partial charge in [0.05, 0.1) is 0 Å². The molecular weight excluding hydrogens is 236 g/mol. The molecule has 0 saturated carbocycles. The van der Waals surface area contributed by atoms with Gasteiger partial charge in [-0.3, -0.25) is 5.41 Å². The summed E-state index contributed by atoms with van der Waals surface area (Å²) >= 11 is 0. The summed E-state index contributed by atoms with van der Waals surface area (Å²) in [6.45, 7) is 4.16. The molecule has 19 heavy (non-hydrogen) atoms. The summed E-state index contributed by atoms with van der Waals surface area (Å²) in [4.78, 5) is 6.36. The third kappa shape index (κ3) is 2.91. The highest BCUT2D eigenvalue weighted by Gasteiger charge is 2.07. The molecular formula is C15H18N4. The van der Waals surface area contributed by atoms with Gasteiger partial charge in [-0.2, -0.15) is 0 Å². The van der Waals surface area contributed by atoms with Crippen LogP contribution in [0.3, 0.4) is 0 Å². The summed E-state index contributed by atoms with van der Waals surface area (Å²) in [5.41, 5.74) is 9.60. The standard InChI is InChI=1S/C15H18N4/c1-10-6-11(2)8-13(7-10)19(3)14-5-4-12(9-18-14)15(16)17/h4-9H,1-3H3,(H3,16,17). The molecule has 0 atom stereocenters. The van der Waals surface area contributed by atoms with Crippen LogP contribution >= 0.6 is 0 Å². The first-order chi connectivity index (χ1) is 8.97. The number of aromatic nitrogens is 1. The van der Waals surface area contributed by atoms with Crippen molar-refractivity contribution in [1.82, 2.24) is 4.98 Å². The Bertz CT molecular complexity index is 582. The Balaban J connectivity index is 2.32. The van der Waals surface area contributed by atoms with Crippen molar-refractivity contribution in [3.8, 4) is 0 Å². The molecule has 98 valence electrons. The smallest absolute Gasteiger partial charge is 0.132 e. The molecule has 3 N–H and O–H groups in total. The van der Waals surface area contributed by atoms with Crippen molar-refractivity contribution in [2.24, 2.45) is 5.73 Å². The van der Waals surface area contributed by atoms with Crippen molar-refractivity contribution >= 4 is 17.3 Å². The Morgan fingerprint density at radius 2 is 1.79 bits per heavy atom. The number of nitrogens with one attached hydrogen (secondary N) is 1. The van der Waals surface area contributed by atoms with E-state index < -0.39 is 0 Å². The fraction of sp³-hybridized carbons (Fsp3) is 0.200. The van der Waals surface area contributed by atoms with Gasteiger partial charge in [-0.25, -0.2) is 4.98 Å². The van der Waals surface area contributed by atoms with Crippen LogP contribution in [-0.4, -0.2) is 17.9 Å². The predicted octanol–water partition coefficient (Wildman–Crippen LogP) is 2.75. The molecule has 0 amide bonds. The maximum absolute atomic E-state index is 7.36. The quantitative estimate of drug-likeness (QED) is 0.654. The molecule has 0 radical (unpaired) electrons.